The molecule has 7 heteroatoms. The van der Waals surface area contributed by atoms with Crippen molar-refractivity contribution in [2.75, 3.05) is 23.1 Å². The van der Waals surface area contributed by atoms with Crippen molar-refractivity contribution in [2.45, 2.75) is 19.4 Å². The summed E-state index contributed by atoms with van der Waals surface area (Å²) in [5, 5.41) is 3.28. The van der Waals surface area contributed by atoms with Crippen molar-refractivity contribution in [3.63, 3.8) is 0 Å². The summed E-state index contributed by atoms with van der Waals surface area (Å²) in [6, 6.07) is 0.317. The maximum absolute atomic E-state index is 5.67. The zero-order valence-electron chi connectivity index (χ0n) is 8.70. The summed E-state index contributed by atoms with van der Waals surface area (Å²) in [7, 11) is 0. The second-order valence-corrected chi connectivity index (χ2v) is 4.24. The van der Waals surface area contributed by atoms with E-state index in [1.54, 1.807) is 11.8 Å². The molecule has 0 aliphatic carbocycles. The molecule has 1 aromatic rings. The summed E-state index contributed by atoms with van der Waals surface area (Å²) in [6.07, 6.45) is 3.04. The number of anilines is 2. The fraction of sp³-hybridized carbons (Fsp3) is 0.625. The van der Waals surface area contributed by atoms with Crippen LogP contribution in [0, 0.1) is 0 Å². The van der Waals surface area contributed by atoms with E-state index in [4.69, 9.17) is 17.3 Å². The summed E-state index contributed by atoms with van der Waals surface area (Å²) in [4.78, 5) is 11.6. The predicted octanol–water partition coefficient (Wildman–Crippen LogP) is 1.66. The zero-order valence-corrected chi connectivity index (χ0v) is 10.3. The van der Waals surface area contributed by atoms with Crippen molar-refractivity contribution in [3.05, 3.63) is 5.28 Å². The van der Waals surface area contributed by atoms with Gasteiger partial charge in [0, 0.05) is 11.8 Å². The third-order valence-corrected chi connectivity index (χ3v) is 2.72. The van der Waals surface area contributed by atoms with E-state index in [9.17, 15) is 0 Å². The molecular formula is C8H14ClN5S. The number of hydrogen-bond acceptors (Lipinski definition) is 6. The Morgan fingerprint density at radius 3 is 2.73 bits per heavy atom. The molecule has 1 atom stereocenters. The number of nitrogen functional groups attached to an aromatic ring is 1. The SMILES string of the molecule is CCC(CSC)Nc1nc(N)nc(Cl)n1. The lowest BCUT2D eigenvalue weighted by Gasteiger charge is -2.15. The van der Waals surface area contributed by atoms with Gasteiger partial charge in [-0.05, 0) is 24.3 Å². The number of halogens is 1. The number of hydrogen-bond donors (Lipinski definition) is 2. The molecule has 1 aromatic heterocycles. The molecule has 3 N–H and O–H groups in total. The highest BCUT2D eigenvalue weighted by Gasteiger charge is 2.08. The summed E-state index contributed by atoms with van der Waals surface area (Å²) >= 11 is 7.43. The van der Waals surface area contributed by atoms with Gasteiger partial charge in [-0.3, -0.25) is 0 Å². The fourth-order valence-corrected chi connectivity index (χ4v) is 1.96. The lowest BCUT2D eigenvalue weighted by atomic mass is 10.3. The molecule has 0 saturated heterocycles. The quantitative estimate of drug-likeness (QED) is 0.824. The molecule has 0 aliphatic rings. The first kappa shape index (κ1) is 12.3. The monoisotopic (exact) mass is 247 g/mol. The van der Waals surface area contributed by atoms with Crippen LogP contribution < -0.4 is 11.1 Å². The van der Waals surface area contributed by atoms with Crippen molar-refractivity contribution in [1.82, 2.24) is 15.0 Å². The molecule has 84 valence electrons. The largest absolute Gasteiger partial charge is 0.368 e. The van der Waals surface area contributed by atoms with Crippen LogP contribution in [-0.4, -0.2) is 33.0 Å². The highest BCUT2D eigenvalue weighted by atomic mass is 35.5. The highest BCUT2D eigenvalue weighted by Crippen LogP contribution is 2.11. The fourth-order valence-electron chi connectivity index (χ4n) is 1.08. The van der Waals surface area contributed by atoms with Gasteiger partial charge in [0.15, 0.2) is 0 Å². The minimum Gasteiger partial charge on any atom is -0.368 e. The van der Waals surface area contributed by atoms with E-state index >= 15 is 0 Å². The average molecular weight is 248 g/mol. The molecule has 0 aromatic carbocycles. The van der Waals surface area contributed by atoms with E-state index in [1.807, 2.05) is 0 Å². The minimum atomic E-state index is 0.115. The average Bonchev–Trinajstić information content (AvgIpc) is 2.15. The second-order valence-electron chi connectivity index (χ2n) is 2.99. The Balaban J connectivity index is 2.69. The molecule has 0 bridgehead atoms. The summed E-state index contributed by atoms with van der Waals surface area (Å²) in [6.45, 7) is 2.10. The van der Waals surface area contributed by atoms with Crippen molar-refractivity contribution in [2.24, 2.45) is 0 Å². The van der Waals surface area contributed by atoms with Crippen LogP contribution in [0.4, 0.5) is 11.9 Å². The first-order valence-electron chi connectivity index (χ1n) is 4.58. The molecule has 0 fully saturated rings. The van der Waals surface area contributed by atoms with E-state index in [1.165, 1.54) is 0 Å². The van der Waals surface area contributed by atoms with Crippen molar-refractivity contribution < 1.29 is 0 Å². The summed E-state index contributed by atoms with van der Waals surface area (Å²) < 4.78 is 0. The van der Waals surface area contributed by atoms with Crippen LogP contribution in [0.1, 0.15) is 13.3 Å². The number of nitrogens with two attached hydrogens (primary N) is 1. The van der Waals surface area contributed by atoms with Gasteiger partial charge in [0.2, 0.25) is 17.2 Å². The molecule has 5 nitrogen and oxygen atoms in total. The Bertz CT molecular complexity index is 302. The third kappa shape index (κ3) is 4.09. The van der Waals surface area contributed by atoms with Crippen molar-refractivity contribution in [1.29, 1.82) is 0 Å². The molecule has 0 spiro atoms. The maximum atomic E-state index is 5.67. The molecule has 1 heterocycles. The highest BCUT2D eigenvalue weighted by molar-refractivity contribution is 7.98. The van der Waals surface area contributed by atoms with Gasteiger partial charge in [0.25, 0.3) is 0 Å². The third-order valence-electron chi connectivity index (χ3n) is 1.82. The van der Waals surface area contributed by atoms with E-state index in [0.29, 0.717) is 12.0 Å². The molecule has 1 unspecified atom stereocenters. The standard InChI is InChI=1S/C8H14ClN5S/c1-3-5(4-15-2)11-8-13-6(9)12-7(10)14-8/h5H,3-4H2,1-2H3,(H3,10,11,12,13,14). The van der Waals surface area contributed by atoms with E-state index < -0.39 is 0 Å². The summed E-state index contributed by atoms with van der Waals surface area (Å²) in [5.74, 6) is 1.56. The van der Waals surface area contributed by atoms with Crippen LogP contribution in [0.2, 0.25) is 5.28 Å². The van der Waals surface area contributed by atoms with E-state index in [0.717, 1.165) is 12.2 Å². The normalized spacial score (nSPS) is 12.5. The van der Waals surface area contributed by atoms with E-state index in [2.05, 4.69) is 33.4 Å². The molecule has 15 heavy (non-hydrogen) atoms. The van der Waals surface area contributed by atoms with Gasteiger partial charge >= 0.3 is 0 Å². The Kier molecular flexibility index (Phi) is 4.90. The second kappa shape index (κ2) is 5.97. The molecule has 1 rings (SSSR count). The van der Waals surface area contributed by atoms with Gasteiger partial charge in [0.05, 0.1) is 0 Å². The molecular weight excluding hydrogens is 234 g/mol. The first-order valence-corrected chi connectivity index (χ1v) is 6.35. The number of nitrogens with zero attached hydrogens (tertiary/aromatic N) is 3. The van der Waals surface area contributed by atoms with Crippen LogP contribution in [0.15, 0.2) is 0 Å². The first-order chi connectivity index (χ1) is 7.15. The Morgan fingerprint density at radius 1 is 1.47 bits per heavy atom. The van der Waals surface area contributed by atoms with Gasteiger partial charge in [-0.15, -0.1) is 0 Å². The van der Waals surface area contributed by atoms with Crippen molar-refractivity contribution >= 4 is 35.3 Å². The smallest absolute Gasteiger partial charge is 0.229 e. The van der Waals surface area contributed by atoms with Crippen molar-refractivity contribution in [3.8, 4) is 0 Å². The van der Waals surface area contributed by atoms with Gasteiger partial charge in [-0.1, -0.05) is 6.92 Å². The topological polar surface area (TPSA) is 76.7 Å². The molecule has 0 amide bonds. The van der Waals surface area contributed by atoms with Crippen LogP contribution >= 0.6 is 23.4 Å². The Morgan fingerprint density at radius 2 is 2.20 bits per heavy atom. The predicted molar refractivity (Wildman–Crippen MR) is 65.3 cm³/mol. The molecule has 0 saturated carbocycles. The van der Waals surface area contributed by atoms with Gasteiger partial charge in [0.1, 0.15) is 0 Å². The minimum absolute atomic E-state index is 0.115. The zero-order chi connectivity index (χ0) is 11.3. The molecule has 0 aliphatic heterocycles. The number of nitrogens with one attached hydrogen (secondary N) is 1. The maximum Gasteiger partial charge on any atom is 0.229 e. The van der Waals surface area contributed by atoms with E-state index in [-0.39, 0.29) is 11.2 Å². The van der Waals surface area contributed by atoms with Crippen LogP contribution in [0.25, 0.3) is 0 Å². The van der Waals surface area contributed by atoms with Crippen LogP contribution in [-0.2, 0) is 0 Å². The number of rotatable bonds is 5. The number of thioether (sulfide) groups is 1. The Hall–Kier alpha value is -0.750. The molecule has 0 radical (unpaired) electrons. The van der Waals surface area contributed by atoms with Gasteiger partial charge < -0.3 is 11.1 Å². The lowest BCUT2D eigenvalue weighted by Crippen LogP contribution is -2.23. The van der Waals surface area contributed by atoms with Gasteiger partial charge in [-0.2, -0.15) is 26.7 Å². The summed E-state index contributed by atoms with van der Waals surface area (Å²) in [5.41, 5.74) is 5.46. The van der Waals surface area contributed by atoms with Crippen LogP contribution in [0.5, 0.6) is 0 Å². The van der Waals surface area contributed by atoms with Crippen LogP contribution in [0.3, 0.4) is 0 Å². The number of aromatic nitrogens is 3. The van der Waals surface area contributed by atoms with Gasteiger partial charge in [-0.25, -0.2) is 0 Å². The Labute approximate surface area is 98.2 Å². The lowest BCUT2D eigenvalue weighted by molar-refractivity contribution is 0.761.